The number of aliphatic carboxylic acids is 1. The molecule has 1 unspecified atom stereocenters. The number of rotatable bonds is 3. The molecule has 1 aliphatic rings. The molecule has 1 heterocycles. The number of halogens is 1. The first-order valence-electron chi connectivity index (χ1n) is 5.35. The fraction of sp³-hybridized carbons (Fsp3) is 0.250. The van der Waals surface area contributed by atoms with Crippen LogP contribution in [0.4, 0.5) is 10.1 Å². The number of Topliss-reactive ketones (excluding diaryl/α,β-unsaturated/α-hetero) is 1. The Balaban J connectivity index is 2.42. The van der Waals surface area contributed by atoms with Crippen molar-refractivity contribution >= 4 is 23.3 Å². The lowest BCUT2D eigenvalue weighted by molar-refractivity contribution is -0.155. The van der Waals surface area contributed by atoms with E-state index in [4.69, 9.17) is 5.11 Å². The van der Waals surface area contributed by atoms with Crippen molar-refractivity contribution in [2.24, 2.45) is 0 Å². The highest BCUT2D eigenvalue weighted by Crippen LogP contribution is 2.30. The number of nitrogens with zero attached hydrogens (tertiary/aromatic N) is 1. The standard InChI is InChI=1S/C12H10FNO5/c1-12(19,11(17)18)5-14-8-3-2-6(13)4-7(8)9(15)10(14)16/h2-4,19H,5H2,1H3,(H,17,18). The quantitative estimate of drug-likeness (QED) is 0.762. The van der Waals surface area contributed by atoms with E-state index in [9.17, 15) is 23.9 Å². The van der Waals surface area contributed by atoms with Gasteiger partial charge >= 0.3 is 5.97 Å². The third-order valence-corrected chi connectivity index (χ3v) is 2.86. The van der Waals surface area contributed by atoms with Crippen LogP contribution in [0.1, 0.15) is 17.3 Å². The number of fused-ring (bicyclic) bond motifs is 1. The maximum absolute atomic E-state index is 13.0. The van der Waals surface area contributed by atoms with Crippen molar-refractivity contribution in [2.75, 3.05) is 11.4 Å². The molecule has 0 saturated heterocycles. The second kappa shape index (κ2) is 4.13. The molecule has 1 atom stereocenters. The Labute approximate surface area is 107 Å². The van der Waals surface area contributed by atoms with Gasteiger partial charge < -0.3 is 15.1 Å². The number of carboxylic acid groups (broad SMARTS) is 1. The van der Waals surface area contributed by atoms with Crippen molar-refractivity contribution in [1.29, 1.82) is 0 Å². The third-order valence-electron chi connectivity index (χ3n) is 2.86. The summed E-state index contributed by atoms with van der Waals surface area (Å²) in [5.41, 5.74) is -2.24. The molecule has 0 saturated carbocycles. The van der Waals surface area contributed by atoms with Crippen LogP contribution < -0.4 is 4.90 Å². The number of aliphatic hydroxyl groups is 1. The first-order valence-corrected chi connectivity index (χ1v) is 5.35. The first-order chi connectivity index (χ1) is 8.74. The lowest BCUT2D eigenvalue weighted by Gasteiger charge is -2.25. The van der Waals surface area contributed by atoms with Crippen molar-refractivity contribution in [1.82, 2.24) is 0 Å². The highest BCUT2D eigenvalue weighted by atomic mass is 19.1. The van der Waals surface area contributed by atoms with Crippen molar-refractivity contribution in [3.05, 3.63) is 29.6 Å². The molecule has 1 aromatic rings. The summed E-state index contributed by atoms with van der Waals surface area (Å²) in [4.78, 5) is 35.0. The van der Waals surface area contributed by atoms with Crippen LogP contribution in [0.15, 0.2) is 18.2 Å². The number of carboxylic acids is 1. The smallest absolute Gasteiger partial charge is 0.337 e. The number of carbonyl (C=O) groups excluding carboxylic acids is 2. The van der Waals surface area contributed by atoms with Crippen LogP contribution in [0.5, 0.6) is 0 Å². The van der Waals surface area contributed by atoms with Gasteiger partial charge in [-0.2, -0.15) is 0 Å². The van der Waals surface area contributed by atoms with Gasteiger partial charge in [-0.15, -0.1) is 0 Å². The van der Waals surface area contributed by atoms with Crippen molar-refractivity contribution < 1.29 is 29.0 Å². The molecular weight excluding hydrogens is 257 g/mol. The predicted octanol–water partition coefficient (Wildman–Crippen LogP) is 0.191. The zero-order valence-electron chi connectivity index (χ0n) is 9.88. The number of amides is 1. The zero-order valence-corrected chi connectivity index (χ0v) is 9.88. The molecule has 2 N–H and O–H groups in total. The van der Waals surface area contributed by atoms with Crippen molar-refractivity contribution in [3.63, 3.8) is 0 Å². The summed E-state index contributed by atoms with van der Waals surface area (Å²) in [5, 5.41) is 18.5. The van der Waals surface area contributed by atoms with Gasteiger partial charge in [0.15, 0.2) is 5.60 Å². The topological polar surface area (TPSA) is 94.9 Å². The minimum atomic E-state index is -2.20. The van der Waals surface area contributed by atoms with E-state index in [1.54, 1.807) is 0 Å². The summed E-state index contributed by atoms with van der Waals surface area (Å²) in [6.45, 7) is 0.417. The Morgan fingerprint density at radius 1 is 1.42 bits per heavy atom. The molecule has 1 aromatic carbocycles. The molecule has 1 aliphatic heterocycles. The van der Waals surface area contributed by atoms with E-state index in [2.05, 4.69) is 0 Å². The van der Waals surface area contributed by atoms with Crippen LogP contribution in [0, 0.1) is 5.82 Å². The summed E-state index contributed by atoms with van der Waals surface area (Å²) >= 11 is 0. The molecule has 0 fully saturated rings. The minimum Gasteiger partial charge on any atom is -0.479 e. The molecule has 1 amide bonds. The van der Waals surface area contributed by atoms with Gasteiger partial charge in [-0.05, 0) is 25.1 Å². The summed E-state index contributed by atoms with van der Waals surface area (Å²) < 4.78 is 13.0. The second-order valence-electron chi connectivity index (χ2n) is 4.46. The van der Waals surface area contributed by atoms with Crippen LogP contribution in [-0.2, 0) is 9.59 Å². The van der Waals surface area contributed by atoms with E-state index in [1.165, 1.54) is 6.07 Å². The lowest BCUT2D eigenvalue weighted by atomic mass is 10.1. The largest absolute Gasteiger partial charge is 0.479 e. The van der Waals surface area contributed by atoms with Crippen LogP contribution in [0.2, 0.25) is 0 Å². The van der Waals surface area contributed by atoms with Gasteiger partial charge in [0.2, 0.25) is 0 Å². The summed E-state index contributed by atoms with van der Waals surface area (Å²) in [6.07, 6.45) is 0. The van der Waals surface area contributed by atoms with Gasteiger partial charge in [0.25, 0.3) is 11.7 Å². The van der Waals surface area contributed by atoms with Gasteiger partial charge in [-0.1, -0.05) is 0 Å². The van der Waals surface area contributed by atoms with Gasteiger partial charge in [0, 0.05) is 0 Å². The number of carbonyl (C=O) groups is 3. The molecular formula is C12H10FNO5. The number of β-amino-alcohol motifs (C(OH)–C–C–N with tert-alkyl or cyclic N) is 1. The summed E-state index contributed by atoms with van der Waals surface area (Å²) in [6, 6.07) is 3.16. The molecule has 2 rings (SSSR count). The Hall–Kier alpha value is -2.28. The predicted molar refractivity (Wildman–Crippen MR) is 61.3 cm³/mol. The van der Waals surface area contributed by atoms with Gasteiger partial charge in [0.05, 0.1) is 17.8 Å². The molecule has 19 heavy (non-hydrogen) atoms. The fourth-order valence-corrected chi connectivity index (χ4v) is 1.81. The highest BCUT2D eigenvalue weighted by Gasteiger charge is 2.42. The Kier molecular flexibility index (Phi) is 2.86. The van der Waals surface area contributed by atoms with Crippen LogP contribution in [-0.4, -0.2) is 40.0 Å². The second-order valence-corrected chi connectivity index (χ2v) is 4.46. The van der Waals surface area contributed by atoms with Crippen molar-refractivity contribution in [3.8, 4) is 0 Å². The maximum Gasteiger partial charge on any atom is 0.337 e. The normalized spacial score (nSPS) is 17.3. The Bertz CT molecular complexity index is 596. The number of hydrogen-bond acceptors (Lipinski definition) is 4. The number of anilines is 1. The zero-order chi connectivity index (χ0) is 14.4. The molecule has 0 bridgehead atoms. The summed E-state index contributed by atoms with van der Waals surface area (Å²) in [5.74, 6) is -4.10. The molecule has 0 radical (unpaired) electrons. The van der Waals surface area contributed by atoms with Gasteiger partial charge in [-0.25, -0.2) is 9.18 Å². The average Bonchev–Trinajstić information content (AvgIpc) is 2.54. The van der Waals surface area contributed by atoms with Crippen molar-refractivity contribution in [2.45, 2.75) is 12.5 Å². The number of ketones is 1. The highest BCUT2D eigenvalue weighted by molar-refractivity contribution is 6.52. The monoisotopic (exact) mass is 267 g/mol. The van der Waals surface area contributed by atoms with E-state index in [0.717, 1.165) is 24.0 Å². The van der Waals surface area contributed by atoms with Crippen LogP contribution in [0.25, 0.3) is 0 Å². The van der Waals surface area contributed by atoms with E-state index in [1.807, 2.05) is 0 Å². The maximum atomic E-state index is 13.0. The molecule has 0 aromatic heterocycles. The van der Waals surface area contributed by atoms with E-state index in [-0.39, 0.29) is 11.3 Å². The Morgan fingerprint density at radius 2 is 2.05 bits per heavy atom. The fourth-order valence-electron chi connectivity index (χ4n) is 1.81. The van der Waals surface area contributed by atoms with Gasteiger partial charge in [-0.3, -0.25) is 9.59 Å². The summed E-state index contributed by atoms with van der Waals surface area (Å²) in [7, 11) is 0. The number of benzene rings is 1. The molecule has 6 nitrogen and oxygen atoms in total. The van der Waals surface area contributed by atoms with E-state index >= 15 is 0 Å². The number of hydrogen-bond donors (Lipinski definition) is 2. The molecule has 0 spiro atoms. The van der Waals surface area contributed by atoms with E-state index in [0.29, 0.717) is 0 Å². The molecule has 100 valence electrons. The minimum absolute atomic E-state index is 0.0953. The Morgan fingerprint density at radius 3 is 2.63 bits per heavy atom. The van der Waals surface area contributed by atoms with E-state index < -0.39 is 35.6 Å². The lowest BCUT2D eigenvalue weighted by Crippen LogP contribution is -2.48. The SMILES string of the molecule is CC(O)(CN1C(=O)C(=O)c2cc(F)ccc21)C(=O)O. The molecule has 0 aliphatic carbocycles. The van der Waals surface area contributed by atoms with Crippen LogP contribution in [0.3, 0.4) is 0 Å². The first kappa shape index (κ1) is 13.2. The molecule has 7 heteroatoms. The average molecular weight is 267 g/mol. The van der Waals surface area contributed by atoms with Gasteiger partial charge in [0.1, 0.15) is 5.82 Å². The third kappa shape index (κ3) is 2.08. The van der Waals surface area contributed by atoms with Crippen LogP contribution >= 0.6 is 0 Å².